The first-order valence-corrected chi connectivity index (χ1v) is 12.5. The number of likely N-dealkylation sites (tertiary alicyclic amines) is 1. The summed E-state index contributed by atoms with van der Waals surface area (Å²) < 4.78 is 2.98. The van der Waals surface area contributed by atoms with E-state index >= 15 is 0 Å². The molecule has 1 fully saturated rings. The van der Waals surface area contributed by atoms with Gasteiger partial charge in [0.05, 0.1) is 24.2 Å². The van der Waals surface area contributed by atoms with Gasteiger partial charge in [0.1, 0.15) is 11.3 Å². The molecule has 1 atom stereocenters. The summed E-state index contributed by atoms with van der Waals surface area (Å²) in [5, 5.41) is 25.5. The number of aromatic hydroxyl groups is 1. The van der Waals surface area contributed by atoms with Crippen LogP contribution in [0.4, 0.5) is 0 Å². The SMILES string of the molecule is CC(CC(=O)N1CCC(O)(Cn2cnc3c(-c4cccc(O)c4)n(C)nc3c2=O)CC1)c1ccccc1. The van der Waals surface area contributed by atoms with Crippen molar-refractivity contribution in [3.8, 4) is 17.0 Å². The number of aryl methyl sites for hydroxylation is 1. The first kappa shape index (κ1) is 24.7. The second-order valence-electron chi connectivity index (χ2n) is 10.0. The zero-order chi connectivity index (χ0) is 26.2. The summed E-state index contributed by atoms with van der Waals surface area (Å²) in [7, 11) is 1.73. The molecule has 0 radical (unpaired) electrons. The Kier molecular flexibility index (Phi) is 6.55. The van der Waals surface area contributed by atoms with Gasteiger partial charge < -0.3 is 15.1 Å². The maximum absolute atomic E-state index is 13.3. The molecule has 2 N–H and O–H groups in total. The number of aromatic nitrogens is 4. The highest BCUT2D eigenvalue weighted by atomic mass is 16.3. The Hall–Kier alpha value is -3.98. The van der Waals surface area contributed by atoms with E-state index in [1.54, 1.807) is 34.8 Å². The normalized spacial score (nSPS) is 16.1. The van der Waals surface area contributed by atoms with E-state index in [0.717, 1.165) is 5.56 Å². The third kappa shape index (κ3) is 4.99. The molecule has 0 spiro atoms. The van der Waals surface area contributed by atoms with Gasteiger partial charge in [-0.15, -0.1) is 0 Å². The number of hydrogen-bond donors (Lipinski definition) is 2. The predicted molar refractivity (Wildman–Crippen MR) is 140 cm³/mol. The lowest BCUT2D eigenvalue weighted by atomic mass is 9.90. The van der Waals surface area contributed by atoms with Crippen molar-refractivity contribution < 1.29 is 15.0 Å². The van der Waals surface area contributed by atoms with Crippen LogP contribution in [0.2, 0.25) is 0 Å². The molecule has 1 amide bonds. The molecule has 2 aromatic heterocycles. The van der Waals surface area contributed by atoms with Crippen LogP contribution in [-0.4, -0.2) is 59.0 Å². The molecule has 5 rings (SSSR count). The summed E-state index contributed by atoms with van der Waals surface area (Å²) in [6.45, 7) is 3.00. The summed E-state index contributed by atoms with van der Waals surface area (Å²) in [5.41, 5.74) is 1.65. The van der Waals surface area contributed by atoms with Gasteiger partial charge >= 0.3 is 0 Å². The number of phenolic OH excluding ortho intramolecular Hbond substituents is 1. The van der Waals surface area contributed by atoms with Crippen molar-refractivity contribution in [1.29, 1.82) is 0 Å². The van der Waals surface area contributed by atoms with Crippen LogP contribution < -0.4 is 5.56 Å². The molecule has 1 aliphatic heterocycles. The molecule has 1 saturated heterocycles. The molecule has 1 aliphatic rings. The Balaban J connectivity index is 1.28. The highest BCUT2D eigenvalue weighted by Crippen LogP contribution is 2.29. The summed E-state index contributed by atoms with van der Waals surface area (Å²) in [6.07, 6.45) is 2.61. The molecule has 0 aliphatic carbocycles. The number of hydrogen-bond acceptors (Lipinski definition) is 6. The van der Waals surface area contributed by atoms with Crippen molar-refractivity contribution >= 4 is 16.9 Å². The van der Waals surface area contributed by atoms with Gasteiger partial charge in [0, 0.05) is 32.1 Å². The molecule has 37 heavy (non-hydrogen) atoms. The van der Waals surface area contributed by atoms with Crippen molar-refractivity contribution in [2.75, 3.05) is 13.1 Å². The second kappa shape index (κ2) is 9.82. The number of carbonyl (C=O) groups is 1. The zero-order valence-electron chi connectivity index (χ0n) is 21.0. The second-order valence-corrected chi connectivity index (χ2v) is 10.0. The van der Waals surface area contributed by atoms with E-state index in [-0.39, 0.29) is 35.2 Å². The minimum Gasteiger partial charge on any atom is -0.508 e. The summed E-state index contributed by atoms with van der Waals surface area (Å²) in [6, 6.07) is 16.7. The molecule has 4 aromatic rings. The van der Waals surface area contributed by atoms with Crippen molar-refractivity contribution in [3.05, 3.63) is 76.8 Å². The smallest absolute Gasteiger partial charge is 0.281 e. The van der Waals surface area contributed by atoms with Crippen LogP contribution in [0, 0.1) is 0 Å². The lowest BCUT2D eigenvalue weighted by molar-refractivity contribution is -0.136. The zero-order valence-corrected chi connectivity index (χ0v) is 21.0. The number of nitrogens with zero attached hydrogens (tertiary/aromatic N) is 5. The van der Waals surface area contributed by atoms with Crippen LogP contribution in [0.25, 0.3) is 22.3 Å². The molecule has 9 heteroatoms. The standard InChI is InChI=1S/C28H31N5O4/c1-19(20-7-4-3-5-8-20)15-23(35)32-13-11-28(37,12-14-32)17-33-18-29-24-25(27(33)36)30-31(2)26(24)21-9-6-10-22(34)16-21/h3-10,16,18-19,34,37H,11-15,17H2,1-2H3. The molecule has 192 valence electrons. The van der Waals surface area contributed by atoms with Crippen LogP contribution in [0.1, 0.15) is 37.7 Å². The van der Waals surface area contributed by atoms with Gasteiger partial charge in [0.2, 0.25) is 5.91 Å². The van der Waals surface area contributed by atoms with Gasteiger partial charge in [-0.2, -0.15) is 5.10 Å². The number of benzene rings is 2. The maximum Gasteiger partial charge on any atom is 0.281 e. The summed E-state index contributed by atoms with van der Waals surface area (Å²) >= 11 is 0. The van der Waals surface area contributed by atoms with E-state index < -0.39 is 5.60 Å². The average Bonchev–Trinajstić information content (AvgIpc) is 3.23. The van der Waals surface area contributed by atoms with Crippen LogP contribution in [-0.2, 0) is 18.4 Å². The van der Waals surface area contributed by atoms with Crippen molar-refractivity contribution in [2.45, 2.75) is 44.2 Å². The third-order valence-corrected chi connectivity index (χ3v) is 7.29. The Morgan fingerprint density at radius 2 is 1.81 bits per heavy atom. The molecule has 0 saturated carbocycles. The van der Waals surface area contributed by atoms with Crippen molar-refractivity contribution in [1.82, 2.24) is 24.2 Å². The average molecular weight is 502 g/mol. The van der Waals surface area contributed by atoms with E-state index in [4.69, 9.17) is 0 Å². The quantitative estimate of drug-likeness (QED) is 0.420. The van der Waals surface area contributed by atoms with Crippen molar-refractivity contribution in [3.63, 3.8) is 0 Å². The number of fused-ring (bicyclic) bond motifs is 1. The first-order valence-electron chi connectivity index (χ1n) is 12.5. The van der Waals surface area contributed by atoms with Gasteiger partial charge in [0.15, 0.2) is 5.52 Å². The van der Waals surface area contributed by atoms with Gasteiger partial charge in [-0.05, 0) is 36.5 Å². The van der Waals surface area contributed by atoms with Gasteiger partial charge in [-0.1, -0.05) is 49.4 Å². The largest absolute Gasteiger partial charge is 0.508 e. The van der Waals surface area contributed by atoms with E-state index in [1.165, 1.54) is 10.9 Å². The maximum atomic E-state index is 13.3. The Morgan fingerprint density at radius 1 is 1.08 bits per heavy atom. The van der Waals surface area contributed by atoms with E-state index in [9.17, 15) is 19.8 Å². The molecule has 2 aromatic carbocycles. The monoisotopic (exact) mass is 501 g/mol. The van der Waals surface area contributed by atoms with Crippen LogP contribution in [0.3, 0.4) is 0 Å². The number of rotatable bonds is 6. The van der Waals surface area contributed by atoms with Crippen LogP contribution in [0.5, 0.6) is 5.75 Å². The van der Waals surface area contributed by atoms with Crippen LogP contribution >= 0.6 is 0 Å². The topological polar surface area (TPSA) is 113 Å². The fourth-order valence-corrected chi connectivity index (χ4v) is 5.12. The Labute approximate surface area is 214 Å². The summed E-state index contributed by atoms with van der Waals surface area (Å²) in [4.78, 5) is 32.4. The highest BCUT2D eigenvalue weighted by Gasteiger charge is 2.35. The number of carbonyl (C=O) groups excluding carboxylic acids is 1. The van der Waals surface area contributed by atoms with E-state index in [0.29, 0.717) is 49.1 Å². The van der Waals surface area contributed by atoms with E-state index in [2.05, 4.69) is 10.1 Å². The fraction of sp³-hybridized carbons (Fsp3) is 0.357. The Bertz CT molecular complexity index is 1490. The number of phenols is 1. The first-order chi connectivity index (χ1) is 17.7. The highest BCUT2D eigenvalue weighted by molar-refractivity contribution is 5.89. The molecular formula is C28H31N5O4. The fourth-order valence-electron chi connectivity index (χ4n) is 5.12. The minimum atomic E-state index is -1.12. The van der Waals surface area contributed by atoms with Crippen molar-refractivity contribution in [2.24, 2.45) is 7.05 Å². The molecule has 9 nitrogen and oxygen atoms in total. The number of aliphatic hydroxyl groups is 1. The lowest BCUT2D eigenvalue weighted by Gasteiger charge is -2.38. The molecule has 1 unspecified atom stereocenters. The minimum absolute atomic E-state index is 0.0756. The summed E-state index contributed by atoms with van der Waals surface area (Å²) in [5.74, 6) is 0.308. The molecular weight excluding hydrogens is 470 g/mol. The van der Waals surface area contributed by atoms with Gasteiger partial charge in [0.25, 0.3) is 5.56 Å². The molecule has 0 bridgehead atoms. The van der Waals surface area contributed by atoms with Gasteiger partial charge in [-0.25, -0.2) is 4.98 Å². The van der Waals surface area contributed by atoms with E-state index in [1.807, 2.05) is 43.3 Å². The molecule has 3 heterocycles. The number of piperidine rings is 1. The number of amides is 1. The Morgan fingerprint density at radius 3 is 2.51 bits per heavy atom. The lowest BCUT2D eigenvalue weighted by Crippen LogP contribution is -2.49. The predicted octanol–water partition coefficient (Wildman–Crippen LogP) is 3.05. The van der Waals surface area contributed by atoms with Crippen LogP contribution in [0.15, 0.2) is 65.7 Å². The third-order valence-electron chi connectivity index (χ3n) is 7.29. The van der Waals surface area contributed by atoms with Gasteiger partial charge in [-0.3, -0.25) is 18.8 Å².